The van der Waals surface area contributed by atoms with Gasteiger partial charge in [0.2, 0.25) is 0 Å². The van der Waals surface area contributed by atoms with Crippen molar-refractivity contribution in [3.63, 3.8) is 0 Å². The van der Waals surface area contributed by atoms with E-state index in [1.54, 1.807) is 0 Å². The average molecular weight is 265 g/mol. The van der Waals surface area contributed by atoms with E-state index < -0.39 is 0 Å². The first kappa shape index (κ1) is 10.4. The summed E-state index contributed by atoms with van der Waals surface area (Å²) in [4.78, 5) is 6.61. The van der Waals surface area contributed by atoms with Gasteiger partial charge in [0.15, 0.2) is 0 Å². The van der Waals surface area contributed by atoms with Gasteiger partial charge < -0.3 is 4.90 Å². The normalized spacial score (nSPS) is 10.7. The predicted molar refractivity (Wildman–Crippen MR) is 68.5 cm³/mol. The number of aromatic nitrogens is 1. The lowest BCUT2D eigenvalue weighted by Gasteiger charge is -2.13. The summed E-state index contributed by atoms with van der Waals surface area (Å²) in [6.45, 7) is 2.12. The maximum atomic E-state index is 4.59. The topological polar surface area (TPSA) is 16.1 Å². The Bertz CT molecular complexity index is 506. The van der Waals surface area contributed by atoms with Crippen molar-refractivity contribution in [3.05, 3.63) is 34.3 Å². The molecule has 1 aromatic carbocycles. The highest BCUT2D eigenvalue weighted by Gasteiger charge is 2.04. The standard InChI is InChI=1S/C12H13BrN2/c1-8-6-12(15(2)3)14-11-7-9(13)4-5-10(8)11/h4-7H,1-3H3. The number of halogens is 1. The summed E-state index contributed by atoms with van der Waals surface area (Å²) in [5.74, 6) is 0.998. The molecule has 0 aliphatic heterocycles. The number of nitrogens with zero attached hydrogens (tertiary/aromatic N) is 2. The fourth-order valence-corrected chi connectivity index (χ4v) is 1.94. The van der Waals surface area contributed by atoms with E-state index in [0.29, 0.717) is 0 Å². The molecule has 0 fully saturated rings. The summed E-state index contributed by atoms with van der Waals surface area (Å²) in [6, 6.07) is 8.30. The number of hydrogen-bond donors (Lipinski definition) is 0. The molecule has 0 aliphatic carbocycles. The number of benzene rings is 1. The first-order valence-corrected chi connectivity index (χ1v) is 5.61. The van der Waals surface area contributed by atoms with E-state index in [9.17, 15) is 0 Å². The van der Waals surface area contributed by atoms with Crippen LogP contribution in [0.3, 0.4) is 0 Å². The molecular weight excluding hydrogens is 252 g/mol. The molecule has 0 amide bonds. The summed E-state index contributed by atoms with van der Waals surface area (Å²) < 4.78 is 1.07. The van der Waals surface area contributed by atoms with E-state index in [1.165, 1.54) is 10.9 Å². The Labute approximate surface area is 98.1 Å². The molecule has 0 aliphatic rings. The molecule has 78 valence electrons. The van der Waals surface area contributed by atoms with E-state index in [4.69, 9.17) is 0 Å². The summed E-state index contributed by atoms with van der Waals surface area (Å²) in [6.07, 6.45) is 0. The Morgan fingerprint density at radius 2 is 1.93 bits per heavy atom. The number of hydrogen-bond acceptors (Lipinski definition) is 2. The van der Waals surface area contributed by atoms with Crippen LogP contribution < -0.4 is 4.90 Å². The van der Waals surface area contributed by atoms with Crippen molar-refractivity contribution in [2.24, 2.45) is 0 Å². The Morgan fingerprint density at radius 1 is 1.20 bits per heavy atom. The van der Waals surface area contributed by atoms with Crippen LogP contribution in [0.15, 0.2) is 28.7 Å². The zero-order valence-corrected chi connectivity index (χ0v) is 10.7. The lowest BCUT2D eigenvalue weighted by molar-refractivity contribution is 1.08. The Morgan fingerprint density at radius 3 is 2.60 bits per heavy atom. The molecule has 0 radical (unpaired) electrons. The molecule has 0 bridgehead atoms. The van der Waals surface area contributed by atoms with Gasteiger partial charge in [0.05, 0.1) is 5.52 Å². The van der Waals surface area contributed by atoms with Crippen LogP contribution in [0.1, 0.15) is 5.56 Å². The van der Waals surface area contributed by atoms with Gasteiger partial charge >= 0.3 is 0 Å². The van der Waals surface area contributed by atoms with Crippen LogP contribution in [0.4, 0.5) is 5.82 Å². The second kappa shape index (κ2) is 3.81. The molecule has 0 spiro atoms. The van der Waals surface area contributed by atoms with Crippen molar-refractivity contribution in [2.75, 3.05) is 19.0 Å². The minimum absolute atomic E-state index is 0.998. The molecule has 2 nitrogen and oxygen atoms in total. The fraction of sp³-hybridized carbons (Fsp3) is 0.250. The first-order chi connectivity index (χ1) is 7.08. The van der Waals surface area contributed by atoms with E-state index in [2.05, 4.69) is 46.0 Å². The molecule has 0 saturated carbocycles. The number of anilines is 1. The molecule has 2 aromatic rings. The third-order valence-corrected chi connectivity index (χ3v) is 2.92. The second-order valence-corrected chi connectivity index (χ2v) is 4.77. The molecular formula is C12H13BrN2. The van der Waals surface area contributed by atoms with Gasteiger partial charge in [-0.1, -0.05) is 22.0 Å². The van der Waals surface area contributed by atoms with Crippen LogP contribution in [-0.4, -0.2) is 19.1 Å². The lowest BCUT2D eigenvalue weighted by Crippen LogP contribution is -2.10. The van der Waals surface area contributed by atoms with Crippen LogP contribution in [0.25, 0.3) is 10.9 Å². The SMILES string of the molecule is Cc1cc(N(C)C)nc2cc(Br)ccc12. The van der Waals surface area contributed by atoms with Crippen molar-refractivity contribution < 1.29 is 0 Å². The third-order valence-electron chi connectivity index (χ3n) is 2.42. The van der Waals surface area contributed by atoms with Gasteiger partial charge in [0, 0.05) is 24.0 Å². The molecule has 1 heterocycles. The van der Waals surface area contributed by atoms with Crippen LogP contribution in [0.2, 0.25) is 0 Å². The van der Waals surface area contributed by atoms with E-state index in [-0.39, 0.29) is 0 Å². The van der Waals surface area contributed by atoms with Gasteiger partial charge in [-0.05, 0) is 30.7 Å². The zero-order chi connectivity index (χ0) is 11.0. The molecule has 2 rings (SSSR count). The van der Waals surface area contributed by atoms with Gasteiger partial charge in [-0.3, -0.25) is 0 Å². The summed E-state index contributed by atoms with van der Waals surface area (Å²) in [5, 5.41) is 1.21. The molecule has 0 N–H and O–H groups in total. The average Bonchev–Trinajstić information content (AvgIpc) is 2.16. The van der Waals surface area contributed by atoms with E-state index in [0.717, 1.165) is 15.8 Å². The quantitative estimate of drug-likeness (QED) is 0.785. The minimum atomic E-state index is 0.998. The predicted octanol–water partition coefficient (Wildman–Crippen LogP) is 3.37. The van der Waals surface area contributed by atoms with Crippen molar-refractivity contribution in [1.82, 2.24) is 4.98 Å². The van der Waals surface area contributed by atoms with Crippen molar-refractivity contribution in [3.8, 4) is 0 Å². The number of pyridine rings is 1. The minimum Gasteiger partial charge on any atom is -0.363 e. The number of aryl methyl sites for hydroxylation is 1. The molecule has 0 saturated heterocycles. The number of rotatable bonds is 1. The Kier molecular flexibility index (Phi) is 2.65. The van der Waals surface area contributed by atoms with Crippen molar-refractivity contribution >= 4 is 32.7 Å². The summed E-state index contributed by atoms with van der Waals surface area (Å²) in [5.41, 5.74) is 2.30. The largest absolute Gasteiger partial charge is 0.363 e. The highest BCUT2D eigenvalue weighted by atomic mass is 79.9. The highest BCUT2D eigenvalue weighted by molar-refractivity contribution is 9.10. The Balaban J connectivity index is 2.74. The maximum absolute atomic E-state index is 4.59. The van der Waals surface area contributed by atoms with Crippen LogP contribution in [0, 0.1) is 6.92 Å². The fourth-order valence-electron chi connectivity index (χ4n) is 1.59. The molecule has 3 heteroatoms. The summed E-state index contributed by atoms with van der Waals surface area (Å²) >= 11 is 3.46. The lowest BCUT2D eigenvalue weighted by atomic mass is 10.1. The van der Waals surface area contributed by atoms with Crippen LogP contribution >= 0.6 is 15.9 Å². The smallest absolute Gasteiger partial charge is 0.128 e. The number of fused-ring (bicyclic) bond motifs is 1. The van der Waals surface area contributed by atoms with E-state index >= 15 is 0 Å². The molecule has 0 atom stereocenters. The second-order valence-electron chi connectivity index (χ2n) is 3.85. The molecule has 15 heavy (non-hydrogen) atoms. The van der Waals surface area contributed by atoms with Gasteiger partial charge in [0.1, 0.15) is 5.82 Å². The van der Waals surface area contributed by atoms with Crippen molar-refractivity contribution in [1.29, 1.82) is 0 Å². The van der Waals surface area contributed by atoms with Crippen LogP contribution in [0.5, 0.6) is 0 Å². The molecule has 0 unspecified atom stereocenters. The van der Waals surface area contributed by atoms with Gasteiger partial charge in [-0.15, -0.1) is 0 Å². The Hall–Kier alpha value is -1.09. The molecule has 1 aromatic heterocycles. The first-order valence-electron chi connectivity index (χ1n) is 4.82. The van der Waals surface area contributed by atoms with E-state index in [1.807, 2.05) is 25.1 Å². The van der Waals surface area contributed by atoms with Crippen molar-refractivity contribution in [2.45, 2.75) is 6.92 Å². The highest BCUT2D eigenvalue weighted by Crippen LogP contribution is 2.24. The summed E-state index contributed by atoms with van der Waals surface area (Å²) in [7, 11) is 4.01. The van der Waals surface area contributed by atoms with Gasteiger partial charge in [-0.2, -0.15) is 0 Å². The monoisotopic (exact) mass is 264 g/mol. The third kappa shape index (κ3) is 1.97. The zero-order valence-electron chi connectivity index (χ0n) is 9.08. The van der Waals surface area contributed by atoms with Crippen LogP contribution in [-0.2, 0) is 0 Å². The maximum Gasteiger partial charge on any atom is 0.128 e. The van der Waals surface area contributed by atoms with Gasteiger partial charge in [-0.25, -0.2) is 4.98 Å². The van der Waals surface area contributed by atoms with Gasteiger partial charge in [0.25, 0.3) is 0 Å².